The van der Waals surface area contributed by atoms with Crippen molar-refractivity contribution in [3.05, 3.63) is 34.3 Å². The molecule has 0 radical (unpaired) electrons. The first-order chi connectivity index (χ1) is 9.98. The minimum absolute atomic E-state index is 0.00343. The number of hydrogen-bond donors (Lipinski definition) is 1. The van der Waals surface area contributed by atoms with Crippen LogP contribution in [0.1, 0.15) is 32.8 Å². The molecule has 1 N–H and O–H groups in total. The van der Waals surface area contributed by atoms with E-state index in [2.05, 4.69) is 15.9 Å². The summed E-state index contributed by atoms with van der Waals surface area (Å²) in [4.78, 5) is 12.1. The van der Waals surface area contributed by atoms with E-state index in [1.807, 2.05) is 0 Å². The van der Waals surface area contributed by atoms with Gasteiger partial charge in [0.25, 0.3) is 0 Å². The maximum absolute atomic E-state index is 13.6. The fourth-order valence-corrected chi connectivity index (χ4v) is 2.36. The second kappa shape index (κ2) is 6.58. The number of esters is 1. The highest BCUT2D eigenvalue weighted by Crippen LogP contribution is 2.51. The number of ether oxygens (including phenoxy) is 1. The van der Waals surface area contributed by atoms with Gasteiger partial charge < -0.3 is 9.84 Å². The van der Waals surface area contributed by atoms with Crippen LogP contribution < -0.4 is 0 Å². The Bertz CT molecular complexity index is 526. The van der Waals surface area contributed by atoms with Crippen molar-refractivity contribution in [2.75, 3.05) is 6.61 Å². The van der Waals surface area contributed by atoms with E-state index in [1.54, 1.807) is 6.92 Å². The van der Waals surface area contributed by atoms with Crippen molar-refractivity contribution in [1.82, 2.24) is 0 Å². The first-order valence-electron chi connectivity index (χ1n) is 6.70. The van der Waals surface area contributed by atoms with Crippen LogP contribution in [0.3, 0.4) is 0 Å². The predicted molar refractivity (Wildman–Crippen MR) is 79.1 cm³/mol. The Morgan fingerprint density at radius 1 is 1.23 bits per heavy atom. The summed E-state index contributed by atoms with van der Waals surface area (Å²) in [6, 6.07) is 5.01. The van der Waals surface area contributed by atoms with Crippen LogP contribution in [0.15, 0.2) is 28.7 Å². The maximum Gasteiger partial charge on any atom is 0.422 e. The lowest BCUT2D eigenvalue weighted by atomic mass is 9.70. The van der Waals surface area contributed by atoms with Crippen molar-refractivity contribution in [1.29, 1.82) is 0 Å². The first-order valence-corrected chi connectivity index (χ1v) is 7.50. The van der Waals surface area contributed by atoms with Crippen molar-refractivity contribution in [2.45, 2.75) is 39.0 Å². The molecule has 0 aliphatic heterocycles. The Morgan fingerprint density at radius 2 is 1.73 bits per heavy atom. The first kappa shape index (κ1) is 19.0. The Hall–Kier alpha value is -1.08. The lowest BCUT2D eigenvalue weighted by Gasteiger charge is -2.42. The molecule has 1 atom stereocenters. The van der Waals surface area contributed by atoms with E-state index >= 15 is 0 Å². The molecule has 0 saturated heterocycles. The highest BCUT2D eigenvalue weighted by Gasteiger charge is 2.66. The van der Waals surface area contributed by atoms with Gasteiger partial charge in [-0.2, -0.15) is 13.2 Å². The molecule has 7 heteroatoms. The van der Waals surface area contributed by atoms with Crippen molar-refractivity contribution in [3.8, 4) is 0 Å². The zero-order valence-electron chi connectivity index (χ0n) is 12.5. The topological polar surface area (TPSA) is 46.5 Å². The molecule has 0 spiro atoms. The summed E-state index contributed by atoms with van der Waals surface area (Å²) in [7, 11) is 0. The number of rotatable bonds is 5. The summed E-state index contributed by atoms with van der Waals surface area (Å²) in [5, 5.41) is 10.5. The van der Waals surface area contributed by atoms with Gasteiger partial charge in [-0.3, -0.25) is 4.79 Å². The van der Waals surface area contributed by atoms with Gasteiger partial charge in [0.1, 0.15) is 5.41 Å². The number of carbonyl (C=O) groups excluding carboxylic acids is 1. The SMILES string of the molecule is CCCOC(=O)C(C)(C)C(O)(c1ccc(Br)cc1)C(F)(F)F. The number of carbonyl (C=O) groups is 1. The highest BCUT2D eigenvalue weighted by atomic mass is 79.9. The smallest absolute Gasteiger partial charge is 0.422 e. The third kappa shape index (κ3) is 3.30. The van der Waals surface area contributed by atoms with E-state index in [4.69, 9.17) is 4.74 Å². The van der Waals surface area contributed by atoms with E-state index in [9.17, 15) is 23.1 Å². The zero-order chi connectivity index (χ0) is 17.2. The standard InChI is InChI=1S/C15H18BrF3O3/c1-4-9-22-12(20)13(2,3)14(21,15(17,18)19)10-5-7-11(16)8-6-10/h5-8,21H,4,9H2,1-3H3. The maximum atomic E-state index is 13.6. The lowest BCUT2D eigenvalue weighted by molar-refractivity contribution is -0.303. The van der Waals surface area contributed by atoms with Crippen LogP contribution in [-0.4, -0.2) is 23.9 Å². The van der Waals surface area contributed by atoms with Gasteiger partial charge in [0.15, 0.2) is 0 Å². The number of benzene rings is 1. The molecule has 1 rings (SSSR count). The molecule has 0 aliphatic carbocycles. The third-order valence-electron chi connectivity index (χ3n) is 3.52. The molecule has 22 heavy (non-hydrogen) atoms. The molecule has 1 aromatic carbocycles. The van der Waals surface area contributed by atoms with Crippen LogP contribution in [0.5, 0.6) is 0 Å². The van der Waals surface area contributed by atoms with Crippen LogP contribution in [0.2, 0.25) is 0 Å². The highest BCUT2D eigenvalue weighted by molar-refractivity contribution is 9.10. The second-order valence-corrected chi connectivity index (χ2v) is 6.39. The van der Waals surface area contributed by atoms with Gasteiger partial charge in [-0.05, 0) is 38.0 Å². The average Bonchev–Trinajstić information content (AvgIpc) is 2.43. The molecule has 0 aromatic heterocycles. The predicted octanol–water partition coefficient (Wildman–Crippen LogP) is 4.18. The van der Waals surface area contributed by atoms with Crippen molar-refractivity contribution < 1.29 is 27.8 Å². The van der Waals surface area contributed by atoms with Crippen molar-refractivity contribution >= 4 is 21.9 Å². The quantitative estimate of drug-likeness (QED) is 0.777. The van der Waals surface area contributed by atoms with Crippen LogP contribution in [0.4, 0.5) is 13.2 Å². The molecule has 1 unspecified atom stereocenters. The van der Waals surface area contributed by atoms with E-state index in [-0.39, 0.29) is 6.61 Å². The molecule has 0 amide bonds. The third-order valence-corrected chi connectivity index (χ3v) is 4.05. The van der Waals surface area contributed by atoms with Gasteiger partial charge in [0, 0.05) is 4.47 Å². The van der Waals surface area contributed by atoms with Crippen LogP contribution in [0.25, 0.3) is 0 Å². The Kier molecular flexibility index (Phi) is 5.67. The second-order valence-electron chi connectivity index (χ2n) is 5.48. The molecular formula is C15H18BrF3O3. The van der Waals surface area contributed by atoms with Crippen LogP contribution >= 0.6 is 15.9 Å². The molecule has 0 fully saturated rings. The monoisotopic (exact) mass is 382 g/mol. The molecule has 3 nitrogen and oxygen atoms in total. The minimum Gasteiger partial charge on any atom is -0.465 e. The molecule has 0 bridgehead atoms. The Balaban J connectivity index is 3.39. The van der Waals surface area contributed by atoms with Crippen molar-refractivity contribution in [3.63, 3.8) is 0 Å². The van der Waals surface area contributed by atoms with E-state index < -0.39 is 28.7 Å². The molecule has 0 saturated carbocycles. The summed E-state index contributed by atoms with van der Waals surface area (Å²) in [5.74, 6) is -1.10. The summed E-state index contributed by atoms with van der Waals surface area (Å²) in [6.07, 6.45) is -4.57. The fourth-order valence-electron chi connectivity index (χ4n) is 2.09. The number of alkyl halides is 3. The van der Waals surface area contributed by atoms with Gasteiger partial charge >= 0.3 is 12.1 Å². The van der Waals surface area contributed by atoms with Gasteiger partial charge in [-0.25, -0.2) is 0 Å². The van der Waals surface area contributed by atoms with Crippen LogP contribution in [-0.2, 0) is 15.1 Å². The fraction of sp³-hybridized carbons (Fsp3) is 0.533. The minimum atomic E-state index is -5.05. The lowest BCUT2D eigenvalue weighted by Crippen LogP contribution is -2.57. The largest absolute Gasteiger partial charge is 0.465 e. The van der Waals surface area contributed by atoms with Crippen molar-refractivity contribution in [2.24, 2.45) is 5.41 Å². The van der Waals surface area contributed by atoms with Gasteiger partial charge in [0.05, 0.1) is 6.61 Å². The molecule has 0 heterocycles. The van der Waals surface area contributed by atoms with E-state index in [1.165, 1.54) is 12.1 Å². The molecular weight excluding hydrogens is 365 g/mol. The number of hydrogen-bond acceptors (Lipinski definition) is 3. The number of halogens is 4. The summed E-state index contributed by atoms with van der Waals surface area (Å²) < 4.78 is 46.2. The summed E-state index contributed by atoms with van der Waals surface area (Å²) in [6.45, 7) is 3.78. The molecule has 124 valence electrons. The average molecular weight is 383 g/mol. The Labute approximate surface area is 135 Å². The van der Waals surface area contributed by atoms with Gasteiger partial charge in [-0.1, -0.05) is 35.0 Å². The van der Waals surface area contributed by atoms with Gasteiger partial charge in [0.2, 0.25) is 5.60 Å². The normalized spacial score (nSPS) is 15.3. The summed E-state index contributed by atoms with van der Waals surface area (Å²) in [5.41, 5.74) is -5.97. The van der Waals surface area contributed by atoms with E-state index in [0.29, 0.717) is 10.9 Å². The zero-order valence-corrected chi connectivity index (χ0v) is 14.1. The molecule has 0 aliphatic rings. The number of aliphatic hydroxyl groups is 1. The Morgan fingerprint density at radius 3 is 2.14 bits per heavy atom. The van der Waals surface area contributed by atoms with Crippen LogP contribution in [0, 0.1) is 5.41 Å². The molecule has 1 aromatic rings. The van der Waals surface area contributed by atoms with Gasteiger partial charge in [-0.15, -0.1) is 0 Å². The van der Waals surface area contributed by atoms with E-state index in [0.717, 1.165) is 26.0 Å². The summed E-state index contributed by atoms with van der Waals surface area (Å²) >= 11 is 3.12.